The third-order valence-corrected chi connectivity index (χ3v) is 6.26. The Hall–Kier alpha value is -2.48. The highest BCUT2D eigenvalue weighted by molar-refractivity contribution is 7.82. The number of hydrogen-bond donors (Lipinski definition) is 2. The number of nitrogens with zero attached hydrogens (tertiary/aromatic N) is 1. The minimum absolute atomic E-state index is 0.250. The Bertz CT molecular complexity index is 977. The Kier molecular flexibility index (Phi) is 6.98. The highest BCUT2D eigenvalue weighted by Crippen LogP contribution is 2.16. The van der Waals surface area contributed by atoms with Crippen LogP contribution >= 0.6 is 0 Å². The van der Waals surface area contributed by atoms with Gasteiger partial charge in [0.25, 0.3) is 0 Å². The van der Waals surface area contributed by atoms with Crippen molar-refractivity contribution in [3.8, 4) is 0 Å². The van der Waals surface area contributed by atoms with Crippen molar-refractivity contribution in [3.63, 3.8) is 0 Å². The number of rotatable bonds is 4. The van der Waals surface area contributed by atoms with Gasteiger partial charge >= 0.3 is 6.92 Å². The van der Waals surface area contributed by atoms with E-state index in [0.717, 1.165) is 52.5 Å². The Balaban J connectivity index is 0.000000706. The highest BCUT2D eigenvalue weighted by atomic mass is 32.2. The summed E-state index contributed by atoms with van der Waals surface area (Å²) in [6, 6.07) is 21.6. The van der Waals surface area contributed by atoms with Gasteiger partial charge in [-0.25, -0.2) is 8.51 Å². The molecule has 0 radical (unpaired) electrons. The molecule has 1 atom stereocenters. The Morgan fingerprint density at radius 1 is 0.929 bits per heavy atom. The molecule has 5 nitrogen and oxygen atoms in total. The lowest BCUT2D eigenvalue weighted by Crippen LogP contribution is -2.42. The monoisotopic (exact) mass is 394 g/mol. The van der Waals surface area contributed by atoms with Crippen molar-refractivity contribution in [1.82, 2.24) is 4.31 Å². The molecule has 7 heteroatoms. The molecule has 1 unspecified atom stereocenters. The first kappa shape index (κ1) is 20.3. The summed E-state index contributed by atoms with van der Waals surface area (Å²) < 4.78 is 14.7. The fourth-order valence-electron chi connectivity index (χ4n) is 3.37. The second-order valence-corrected chi connectivity index (χ2v) is 8.09. The van der Waals surface area contributed by atoms with Crippen LogP contribution in [-0.2, 0) is 15.8 Å². The number of carbonyl (C=O) groups is 1. The first-order chi connectivity index (χ1) is 13.6. The maximum absolute atomic E-state index is 12.7. The van der Waals surface area contributed by atoms with Gasteiger partial charge in [0.2, 0.25) is 6.41 Å². The molecule has 1 heterocycles. The van der Waals surface area contributed by atoms with Gasteiger partial charge in [0, 0.05) is 13.1 Å². The number of primary amides is 1. The molecule has 3 aromatic carbocycles. The third kappa shape index (κ3) is 4.68. The average Bonchev–Trinajstić information content (AvgIpc) is 3.28. The maximum atomic E-state index is 12.7. The van der Waals surface area contributed by atoms with Crippen LogP contribution < -0.4 is 16.7 Å². The lowest BCUT2D eigenvalue weighted by Gasteiger charge is -2.15. The topological polar surface area (TPSA) is 83.6 Å². The minimum atomic E-state index is -1.14. The summed E-state index contributed by atoms with van der Waals surface area (Å²) in [5.74, 6) is 0. The molecule has 0 saturated carbocycles. The van der Waals surface area contributed by atoms with Crippen LogP contribution in [0.1, 0.15) is 12.8 Å². The van der Waals surface area contributed by atoms with Crippen LogP contribution in [0.15, 0.2) is 71.6 Å². The van der Waals surface area contributed by atoms with Gasteiger partial charge in [0.1, 0.15) is 11.0 Å². The van der Waals surface area contributed by atoms with Crippen molar-refractivity contribution >= 4 is 46.0 Å². The number of amides is 1. The Morgan fingerprint density at radius 2 is 1.57 bits per heavy atom. The summed E-state index contributed by atoms with van der Waals surface area (Å²) in [6.07, 6.45) is 2.45. The van der Waals surface area contributed by atoms with E-state index in [2.05, 4.69) is 11.8 Å². The van der Waals surface area contributed by atoms with E-state index in [-0.39, 0.29) is 6.41 Å². The molecule has 1 saturated heterocycles. The number of nitrogens with two attached hydrogens (primary N) is 1. The zero-order valence-electron chi connectivity index (χ0n) is 15.5. The van der Waals surface area contributed by atoms with Crippen LogP contribution in [0.4, 0.5) is 0 Å². The molecule has 3 aromatic rings. The van der Waals surface area contributed by atoms with Gasteiger partial charge in [-0.05, 0) is 46.7 Å². The van der Waals surface area contributed by atoms with Crippen LogP contribution in [0, 0.1) is 0 Å². The van der Waals surface area contributed by atoms with Crippen molar-refractivity contribution in [2.45, 2.75) is 17.7 Å². The highest BCUT2D eigenvalue weighted by Gasteiger charge is 2.22. The summed E-state index contributed by atoms with van der Waals surface area (Å²) in [6.45, 7) is 1.04. The van der Waals surface area contributed by atoms with E-state index in [4.69, 9.17) is 4.79 Å². The van der Waals surface area contributed by atoms with E-state index in [1.807, 2.05) is 65.0 Å². The number of carbonyl (C=O) groups excluding carboxylic acids is 1. The van der Waals surface area contributed by atoms with E-state index in [1.165, 1.54) is 0 Å². The zero-order valence-corrected chi connectivity index (χ0v) is 16.3. The standard InChI is InChI=1S/C20H20BNO2S.CH3NO/c23-21(19-11-10-16-6-1-2-7-17(16)14-19)18-8-5-9-20(15-18)25(24)22-12-3-4-13-22;2-1-3/h1-2,5-11,14-15,23H,3-4,12-13H2;1H,(H2,2,3). The summed E-state index contributed by atoms with van der Waals surface area (Å²) in [5, 5.41) is 13.1. The van der Waals surface area contributed by atoms with E-state index >= 15 is 0 Å². The minimum Gasteiger partial charge on any atom is -0.443 e. The molecule has 4 rings (SSSR count). The molecule has 1 fully saturated rings. The first-order valence-electron chi connectivity index (χ1n) is 9.23. The second kappa shape index (κ2) is 9.64. The lowest BCUT2D eigenvalue weighted by molar-refractivity contribution is -0.106. The van der Waals surface area contributed by atoms with Crippen LogP contribution in [0.5, 0.6) is 0 Å². The van der Waals surface area contributed by atoms with E-state index in [1.54, 1.807) is 0 Å². The SMILES string of the molecule is NC=O.O=S(c1cccc(B(O)c2ccc3ccccc3c2)c1)N1CCCC1. The summed E-state index contributed by atoms with van der Waals surface area (Å²) in [5.41, 5.74) is 5.79. The number of benzene rings is 3. The molecule has 1 amide bonds. The number of hydrogen-bond acceptors (Lipinski definition) is 3. The summed E-state index contributed by atoms with van der Waals surface area (Å²) in [4.78, 5) is 9.35. The molecule has 3 N–H and O–H groups in total. The normalized spacial score (nSPS) is 14.9. The Morgan fingerprint density at radius 3 is 2.29 bits per heavy atom. The molecule has 144 valence electrons. The molecular formula is C21H23BN2O3S. The van der Waals surface area contributed by atoms with Gasteiger partial charge in [-0.3, -0.25) is 4.79 Å². The molecule has 0 bridgehead atoms. The van der Waals surface area contributed by atoms with Crippen molar-refractivity contribution in [2.75, 3.05) is 13.1 Å². The van der Waals surface area contributed by atoms with Crippen LogP contribution in [-0.4, -0.2) is 40.0 Å². The Labute approximate surface area is 167 Å². The van der Waals surface area contributed by atoms with Gasteiger partial charge in [0.15, 0.2) is 0 Å². The smallest absolute Gasteiger partial charge is 0.359 e. The van der Waals surface area contributed by atoms with E-state index < -0.39 is 17.9 Å². The van der Waals surface area contributed by atoms with Gasteiger partial charge < -0.3 is 10.8 Å². The second-order valence-electron chi connectivity index (χ2n) is 6.60. The molecule has 28 heavy (non-hydrogen) atoms. The van der Waals surface area contributed by atoms with Gasteiger partial charge in [0.05, 0.1) is 4.90 Å². The van der Waals surface area contributed by atoms with Gasteiger partial charge in [-0.2, -0.15) is 0 Å². The fourth-order valence-corrected chi connectivity index (χ4v) is 4.69. The maximum Gasteiger partial charge on any atom is 0.359 e. The zero-order chi connectivity index (χ0) is 19.9. The molecular weight excluding hydrogens is 371 g/mol. The van der Waals surface area contributed by atoms with Gasteiger partial charge in [-0.1, -0.05) is 54.6 Å². The number of fused-ring (bicyclic) bond motifs is 1. The van der Waals surface area contributed by atoms with Crippen molar-refractivity contribution < 1.29 is 14.0 Å². The van der Waals surface area contributed by atoms with Gasteiger partial charge in [-0.15, -0.1) is 0 Å². The van der Waals surface area contributed by atoms with Crippen LogP contribution in [0.3, 0.4) is 0 Å². The first-order valence-corrected chi connectivity index (χ1v) is 10.3. The predicted octanol–water partition coefficient (Wildman–Crippen LogP) is 1.16. The molecule has 0 aliphatic carbocycles. The van der Waals surface area contributed by atoms with Crippen molar-refractivity contribution in [2.24, 2.45) is 5.73 Å². The quantitative estimate of drug-likeness (QED) is 0.515. The van der Waals surface area contributed by atoms with Crippen molar-refractivity contribution in [1.29, 1.82) is 0 Å². The summed E-state index contributed by atoms with van der Waals surface area (Å²) in [7, 11) is -1.14. The molecule has 1 aliphatic heterocycles. The largest absolute Gasteiger partial charge is 0.443 e. The molecule has 1 aliphatic rings. The van der Waals surface area contributed by atoms with E-state index in [0.29, 0.717) is 0 Å². The van der Waals surface area contributed by atoms with Crippen LogP contribution in [0.2, 0.25) is 0 Å². The predicted molar refractivity (Wildman–Crippen MR) is 115 cm³/mol. The lowest BCUT2D eigenvalue weighted by atomic mass is 9.56. The van der Waals surface area contributed by atoms with Crippen molar-refractivity contribution in [3.05, 3.63) is 66.7 Å². The third-order valence-electron chi connectivity index (χ3n) is 4.76. The van der Waals surface area contributed by atoms with Crippen LogP contribution in [0.25, 0.3) is 10.8 Å². The summed E-state index contributed by atoms with van der Waals surface area (Å²) >= 11 is 0. The molecule has 0 spiro atoms. The molecule has 0 aromatic heterocycles. The average molecular weight is 394 g/mol. The van der Waals surface area contributed by atoms with E-state index in [9.17, 15) is 9.23 Å². The fraction of sp³-hybridized carbons (Fsp3) is 0.190.